The lowest BCUT2D eigenvalue weighted by Gasteiger charge is -2.28. The van der Waals surface area contributed by atoms with Gasteiger partial charge < -0.3 is 24.8 Å². The van der Waals surface area contributed by atoms with Crippen molar-refractivity contribution >= 4 is 57.8 Å². The lowest BCUT2D eigenvalue weighted by molar-refractivity contribution is -0.126. The number of hydrogen-bond donors (Lipinski definition) is 2. The lowest BCUT2D eigenvalue weighted by atomic mass is 10.1. The Balaban J connectivity index is 1.21. The number of nitrogens with one attached hydrogen (secondary N) is 1. The van der Waals surface area contributed by atoms with Crippen molar-refractivity contribution < 1.29 is 27.8 Å². The molecule has 1 aliphatic carbocycles. The fourth-order valence-electron chi connectivity index (χ4n) is 4.98. The van der Waals surface area contributed by atoms with Crippen LogP contribution in [0.15, 0.2) is 51.7 Å². The molecule has 0 bridgehead atoms. The molecule has 1 aromatic carbocycles. The zero-order valence-electron chi connectivity index (χ0n) is 22.1. The van der Waals surface area contributed by atoms with Crippen LogP contribution in [0.3, 0.4) is 0 Å². The number of thiophene rings is 1. The van der Waals surface area contributed by atoms with Crippen LogP contribution in [0.25, 0.3) is 10.2 Å². The first-order chi connectivity index (χ1) is 19.1. The number of aromatic nitrogens is 2. The van der Waals surface area contributed by atoms with Crippen molar-refractivity contribution in [1.29, 1.82) is 0 Å². The van der Waals surface area contributed by atoms with Crippen molar-refractivity contribution in [3.8, 4) is 0 Å². The van der Waals surface area contributed by atoms with Crippen molar-refractivity contribution in [3.63, 3.8) is 0 Å². The number of hydrogen-bond acceptors (Lipinski definition) is 9. The van der Waals surface area contributed by atoms with Crippen LogP contribution in [0.4, 0.5) is 19.0 Å². The fourth-order valence-corrected chi connectivity index (χ4v) is 7.97. The summed E-state index contributed by atoms with van der Waals surface area (Å²) in [5.41, 5.74) is 2.22. The number of rotatable bonds is 8. The summed E-state index contributed by atoms with van der Waals surface area (Å²) in [6.07, 6.45) is -1.29. The van der Waals surface area contributed by atoms with Crippen LogP contribution in [0, 0.1) is 0 Å². The molecule has 2 N–H and O–H groups in total. The summed E-state index contributed by atoms with van der Waals surface area (Å²) in [5.74, 6) is 1.69. The van der Waals surface area contributed by atoms with Crippen molar-refractivity contribution in [1.82, 2.24) is 15.3 Å². The summed E-state index contributed by atoms with van der Waals surface area (Å²) in [6.45, 7) is 0.646. The SMILES string of the molecule is COC1=CC(c2ccc(CN[C@H]3C[C@@H](O)[C@@H](N(C)c4ncnc5sc(CC(F)(F)F)cc45)C3)cc2)=IN=C1OC. The molecule has 0 radical (unpaired) electrons. The first kappa shape index (κ1) is 28.9. The molecule has 0 spiro atoms. The number of allylic oxidation sites excluding steroid dienone is 1. The maximum absolute atomic E-state index is 12.9. The second-order valence-electron chi connectivity index (χ2n) is 9.65. The van der Waals surface area contributed by atoms with Crippen LogP contribution >= 0.6 is 32.3 Å². The monoisotopic (exact) mass is 687 g/mol. The highest BCUT2D eigenvalue weighted by Gasteiger charge is 2.37. The number of alkyl halides is 3. The zero-order valence-corrected chi connectivity index (χ0v) is 25.0. The normalized spacial score (nSPS) is 21.4. The molecule has 1 fully saturated rings. The summed E-state index contributed by atoms with van der Waals surface area (Å²) >= 11 is 0.452. The van der Waals surface area contributed by atoms with Gasteiger partial charge in [0.2, 0.25) is 0 Å². The van der Waals surface area contributed by atoms with Gasteiger partial charge in [-0.15, -0.1) is 11.3 Å². The van der Waals surface area contributed by atoms with E-state index in [2.05, 4.69) is 42.8 Å². The molecule has 3 heterocycles. The maximum Gasteiger partial charge on any atom is 0.393 e. The molecule has 0 amide bonds. The van der Waals surface area contributed by atoms with E-state index in [9.17, 15) is 18.3 Å². The Morgan fingerprint density at radius 3 is 2.62 bits per heavy atom. The van der Waals surface area contributed by atoms with Crippen molar-refractivity contribution in [2.75, 3.05) is 26.2 Å². The average molecular weight is 688 g/mol. The zero-order chi connectivity index (χ0) is 28.4. The smallest absolute Gasteiger partial charge is 0.393 e. The standard InChI is InChI=1S/C27H29F3IN5O3S/c1-36(24-19-10-18(12-27(28,29)30)40-26(19)34-14-33-24)21-8-17(9-22(21)37)32-13-15-4-6-16(7-5-15)20-11-23(38-2)25(39-3)35-31-20/h4-7,10-11,14,17,21-22,32,37H,8-9,12-13H2,1-3H3/t17-,21+,22-/m1/s1. The third-order valence-corrected chi connectivity index (χ3v) is 10.2. The highest BCUT2D eigenvalue weighted by Crippen LogP contribution is 2.36. The summed E-state index contributed by atoms with van der Waals surface area (Å²) in [5, 5.41) is 15.0. The van der Waals surface area contributed by atoms with Crippen LogP contribution in [-0.2, 0) is 22.4 Å². The predicted octanol–water partition coefficient (Wildman–Crippen LogP) is 4.91. The number of aliphatic hydroxyl groups is 1. The molecule has 1 aliphatic heterocycles. The molecule has 8 nitrogen and oxygen atoms in total. The Morgan fingerprint density at radius 2 is 1.93 bits per heavy atom. The van der Waals surface area contributed by atoms with Crippen LogP contribution in [0.2, 0.25) is 0 Å². The number of likely N-dealkylation sites (N-methyl/N-ethyl adjacent to an activating group) is 1. The molecule has 3 atom stereocenters. The Labute approximate surface area is 244 Å². The second-order valence-corrected chi connectivity index (χ2v) is 12.9. The van der Waals surface area contributed by atoms with Crippen LogP contribution < -0.4 is 10.2 Å². The summed E-state index contributed by atoms with van der Waals surface area (Å²) in [6, 6.07) is 9.69. The van der Waals surface area contributed by atoms with Gasteiger partial charge in [-0.3, -0.25) is 0 Å². The number of fused-ring (bicyclic) bond motifs is 1. The fraction of sp³-hybridized carbons (Fsp3) is 0.407. The van der Waals surface area contributed by atoms with Gasteiger partial charge in [-0.25, -0.2) is 9.97 Å². The van der Waals surface area contributed by atoms with Crippen molar-refractivity contribution in [3.05, 3.63) is 64.5 Å². The largest absolute Gasteiger partial charge is 0.491 e. The van der Waals surface area contributed by atoms with Gasteiger partial charge in [-0.1, -0.05) is 24.3 Å². The van der Waals surface area contributed by atoms with Gasteiger partial charge >= 0.3 is 6.18 Å². The van der Waals surface area contributed by atoms with Gasteiger partial charge in [0, 0.05) is 55.1 Å². The van der Waals surface area contributed by atoms with E-state index in [0.29, 0.717) is 47.1 Å². The minimum Gasteiger partial charge on any atom is -0.491 e. The van der Waals surface area contributed by atoms with E-state index in [1.165, 1.54) is 12.4 Å². The number of benzene rings is 1. The molecule has 40 heavy (non-hydrogen) atoms. The molecular weight excluding hydrogens is 658 g/mol. The molecule has 1 saturated carbocycles. The van der Waals surface area contributed by atoms with Crippen LogP contribution in [0.5, 0.6) is 0 Å². The Morgan fingerprint density at radius 1 is 1.15 bits per heavy atom. The van der Waals surface area contributed by atoms with Crippen LogP contribution in [-0.4, -0.2) is 70.1 Å². The van der Waals surface area contributed by atoms with E-state index in [1.54, 1.807) is 14.2 Å². The molecule has 2 aliphatic rings. The van der Waals surface area contributed by atoms with E-state index in [-0.39, 0.29) is 17.0 Å². The van der Waals surface area contributed by atoms with Crippen molar-refractivity contribution in [2.24, 2.45) is 3.21 Å². The lowest BCUT2D eigenvalue weighted by Crippen LogP contribution is -2.38. The van der Waals surface area contributed by atoms with Crippen LogP contribution in [0.1, 0.15) is 28.8 Å². The number of nitrogens with zero attached hydrogens (tertiary/aromatic N) is 4. The van der Waals surface area contributed by atoms with E-state index < -0.39 is 39.7 Å². The first-order valence-electron chi connectivity index (χ1n) is 12.6. The maximum atomic E-state index is 12.9. The van der Waals surface area contributed by atoms with Gasteiger partial charge in [0.05, 0.1) is 38.2 Å². The van der Waals surface area contributed by atoms with Gasteiger partial charge in [0.1, 0.15) is 17.0 Å². The number of halogens is 4. The number of methoxy groups -OCH3 is 2. The number of aliphatic hydroxyl groups excluding tert-OH is 1. The number of anilines is 1. The molecule has 3 aromatic rings. The Kier molecular flexibility index (Phi) is 8.73. The van der Waals surface area contributed by atoms with Gasteiger partial charge in [0.25, 0.3) is 5.90 Å². The highest BCUT2D eigenvalue weighted by atomic mass is 127. The molecule has 2 aromatic heterocycles. The predicted molar refractivity (Wildman–Crippen MR) is 159 cm³/mol. The van der Waals surface area contributed by atoms with Gasteiger partial charge in [-0.05, 0) is 30.0 Å². The highest BCUT2D eigenvalue weighted by molar-refractivity contribution is 14.2. The molecule has 13 heteroatoms. The van der Waals surface area contributed by atoms with E-state index >= 15 is 0 Å². The minimum atomic E-state index is -4.29. The Hall–Kier alpha value is -2.62. The minimum absolute atomic E-state index is 0.0790. The number of ether oxygens (including phenoxy) is 2. The average Bonchev–Trinajstić information content (AvgIpc) is 3.52. The molecule has 0 unspecified atom stereocenters. The van der Waals surface area contributed by atoms with E-state index in [0.717, 1.165) is 26.0 Å². The van der Waals surface area contributed by atoms with Crippen molar-refractivity contribution in [2.45, 2.75) is 50.2 Å². The second kappa shape index (κ2) is 12.1. The third kappa shape index (κ3) is 6.47. The molecule has 214 valence electrons. The topological polar surface area (TPSA) is 92.1 Å². The quantitative estimate of drug-likeness (QED) is 0.326. The summed E-state index contributed by atoms with van der Waals surface area (Å²) in [7, 11) is 5.01. The molecule has 5 rings (SSSR count). The van der Waals surface area contributed by atoms with Gasteiger partial charge in [-0.2, -0.15) is 16.4 Å². The van der Waals surface area contributed by atoms with Gasteiger partial charge in [0.15, 0.2) is 5.76 Å². The molecular formula is C27H29F3IN5O3S. The first-order valence-corrected chi connectivity index (χ1v) is 15.4. The van der Waals surface area contributed by atoms with E-state index in [1.807, 2.05) is 18.0 Å². The molecule has 0 saturated heterocycles. The summed E-state index contributed by atoms with van der Waals surface area (Å²) in [4.78, 5) is 11.1. The Bertz CT molecular complexity index is 1460. The third-order valence-electron chi connectivity index (χ3n) is 6.98. The van der Waals surface area contributed by atoms with E-state index in [4.69, 9.17) is 9.47 Å². The summed E-state index contributed by atoms with van der Waals surface area (Å²) < 4.78 is 55.1.